The number of benzene rings is 2. The first-order chi connectivity index (χ1) is 20.0. The summed E-state index contributed by atoms with van der Waals surface area (Å²) in [7, 11) is 0. The van der Waals surface area contributed by atoms with Crippen LogP contribution < -0.4 is 0 Å². The lowest BCUT2D eigenvalue weighted by Crippen LogP contribution is -2.24. The molecule has 3 nitrogen and oxygen atoms in total. The third-order valence-electron chi connectivity index (χ3n) is 9.18. The fraction of sp³-hybridized carbons (Fsp3) is 0.658. The molecule has 230 valence electrons. The van der Waals surface area contributed by atoms with Crippen LogP contribution in [0.15, 0.2) is 54.6 Å². The molecule has 0 spiro atoms. The molecule has 0 saturated heterocycles. The first kappa shape index (κ1) is 35.1. The number of aliphatic hydroxyl groups is 1. The summed E-state index contributed by atoms with van der Waals surface area (Å²) in [6, 6.07) is 19.5. The zero-order valence-electron chi connectivity index (χ0n) is 26.5. The van der Waals surface area contributed by atoms with Gasteiger partial charge in [0, 0.05) is 6.42 Å². The molecule has 0 aromatic heterocycles. The van der Waals surface area contributed by atoms with Crippen molar-refractivity contribution in [2.75, 3.05) is 0 Å². The van der Waals surface area contributed by atoms with Crippen LogP contribution in [0.2, 0.25) is 0 Å². The maximum atomic E-state index is 11.0. The summed E-state index contributed by atoms with van der Waals surface area (Å²) < 4.78 is 0. The van der Waals surface area contributed by atoms with Gasteiger partial charge in [-0.3, -0.25) is 4.79 Å². The van der Waals surface area contributed by atoms with Gasteiger partial charge in [0.2, 0.25) is 0 Å². The van der Waals surface area contributed by atoms with Gasteiger partial charge < -0.3 is 10.2 Å². The molecule has 3 unspecified atom stereocenters. The third-order valence-corrected chi connectivity index (χ3v) is 9.18. The number of rotatable bonds is 19. The minimum Gasteiger partial charge on any atom is -0.481 e. The lowest BCUT2D eigenvalue weighted by Gasteiger charge is -2.27. The fourth-order valence-electron chi connectivity index (χ4n) is 6.59. The maximum Gasteiger partial charge on any atom is 0.303 e. The van der Waals surface area contributed by atoms with Crippen LogP contribution in [-0.2, 0) is 11.2 Å². The summed E-state index contributed by atoms with van der Waals surface area (Å²) in [5.74, 6) is 1.46. The molecule has 2 aromatic carbocycles. The maximum absolute atomic E-state index is 11.0. The average molecular weight is 565 g/mol. The highest BCUT2D eigenvalue weighted by molar-refractivity contribution is 5.66. The normalized spacial score (nSPS) is 15.6. The van der Waals surface area contributed by atoms with Crippen molar-refractivity contribution in [2.45, 2.75) is 142 Å². The highest BCUT2D eigenvalue weighted by Crippen LogP contribution is 2.37. The number of unbranched alkanes of at least 4 members (excludes halogenated alkanes) is 6. The first-order valence-electron chi connectivity index (χ1n) is 17.0. The summed E-state index contributed by atoms with van der Waals surface area (Å²) >= 11 is 0. The van der Waals surface area contributed by atoms with E-state index in [1.54, 1.807) is 0 Å². The van der Waals surface area contributed by atoms with E-state index in [1.165, 1.54) is 93.7 Å². The third kappa shape index (κ3) is 14.5. The first-order valence-corrected chi connectivity index (χ1v) is 17.0. The van der Waals surface area contributed by atoms with Crippen molar-refractivity contribution in [3.8, 4) is 11.1 Å². The van der Waals surface area contributed by atoms with Gasteiger partial charge in [-0.1, -0.05) is 159 Å². The van der Waals surface area contributed by atoms with E-state index in [1.807, 2.05) is 0 Å². The number of aliphatic carboxylic acids is 1. The molecule has 2 aromatic rings. The largest absolute Gasteiger partial charge is 0.481 e. The van der Waals surface area contributed by atoms with E-state index in [4.69, 9.17) is 5.11 Å². The summed E-state index contributed by atoms with van der Waals surface area (Å²) in [5, 5.41) is 19.3. The van der Waals surface area contributed by atoms with Crippen molar-refractivity contribution in [2.24, 2.45) is 17.8 Å². The molecule has 0 radical (unpaired) electrons. The zero-order chi connectivity index (χ0) is 29.7. The van der Waals surface area contributed by atoms with Gasteiger partial charge in [0.1, 0.15) is 0 Å². The van der Waals surface area contributed by atoms with Gasteiger partial charge in [0.25, 0.3) is 0 Å². The van der Waals surface area contributed by atoms with Crippen molar-refractivity contribution < 1.29 is 15.0 Å². The Morgan fingerprint density at radius 3 is 1.95 bits per heavy atom. The van der Waals surface area contributed by atoms with Crippen molar-refractivity contribution in [1.82, 2.24) is 0 Å². The van der Waals surface area contributed by atoms with E-state index in [9.17, 15) is 9.90 Å². The van der Waals surface area contributed by atoms with Gasteiger partial charge >= 0.3 is 5.97 Å². The number of hydrogen-bond donors (Lipinski definition) is 2. The van der Waals surface area contributed by atoms with Gasteiger partial charge in [-0.15, -0.1) is 0 Å². The number of carboxylic acid groups (broad SMARTS) is 1. The number of carboxylic acids is 1. The smallest absolute Gasteiger partial charge is 0.303 e. The second-order valence-electron chi connectivity index (χ2n) is 12.4. The molecule has 3 atom stereocenters. The highest BCUT2D eigenvalue weighted by atomic mass is 16.4. The van der Waals surface area contributed by atoms with Crippen LogP contribution in [0.1, 0.15) is 135 Å². The van der Waals surface area contributed by atoms with Crippen LogP contribution in [0.5, 0.6) is 0 Å². The van der Waals surface area contributed by atoms with Crippen molar-refractivity contribution in [3.63, 3.8) is 0 Å². The standard InChI is InChI=1S/C28H40O.C10H20O2/c1-3-10-24(25-13-8-9-14-25)19-20-28(29)23(4-2)21-22-15-17-27(18-16-22)26-11-6-5-7-12-26;1-2-3-4-5-6-7-8-9-10(11)12/h5-7,11-12,15-18,23-25,28-29H,3-4,8-10,13-14,19-21H2,1-2H3;2-9H2,1H3,(H,11,12). The predicted molar refractivity (Wildman–Crippen MR) is 175 cm³/mol. The molecule has 0 heterocycles. The molecule has 0 amide bonds. The Kier molecular flexibility index (Phi) is 18.4. The highest BCUT2D eigenvalue weighted by Gasteiger charge is 2.26. The molecule has 3 heteroatoms. The topological polar surface area (TPSA) is 57.5 Å². The Morgan fingerprint density at radius 1 is 0.756 bits per heavy atom. The SMILES string of the molecule is CCCC(CCC(O)C(CC)Cc1ccc(-c2ccccc2)cc1)C1CCCC1.CCCCCCCCCC(=O)O. The molecule has 1 saturated carbocycles. The summed E-state index contributed by atoms with van der Waals surface area (Å²) in [6.07, 6.45) is 21.0. The summed E-state index contributed by atoms with van der Waals surface area (Å²) in [6.45, 7) is 6.74. The number of carbonyl (C=O) groups is 1. The minimum atomic E-state index is -0.663. The Morgan fingerprint density at radius 2 is 1.37 bits per heavy atom. The van der Waals surface area contributed by atoms with Crippen LogP contribution in [0.3, 0.4) is 0 Å². The van der Waals surface area contributed by atoms with E-state index in [0.29, 0.717) is 12.3 Å². The van der Waals surface area contributed by atoms with Gasteiger partial charge in [-0.2, -0.15) is 0 Å². The molecule has 1 fully saturated rings. The molecule has 2 N–H and O–H groups in total. The van der Waals surface area contributed by atoms with Crippen LogP contribution in [0.4, 0.5) is 0 Å². The van der Waals surface area contributed by atoms with E-state index in [2.05, 4.69) is 75.4 Å². The molecule has 0 bridgehead atoms. The molecular weight excluding hydrogens is 504 g/mol. The predicted octanol–water partition coefficient (Wildman–Crippen LogP) is 10.9. The van der Waals surface area contributed by atoms with Crippen LogP contribution in [0, 0.1) is 17.8 Å². The monoisotopic (exact) mass is 564 g/mol. The van der Waals surface area contributed by atoms with Gasteiger partial charge in [-0.05, 0) is 60.1 Å². The Labute approximate surface area is 252 Å². The second-order valence-corrected chi connectivity index (χ2v) is 12.4. The number of hydrogen-bond acceptors (Lipinski definition) is 2. The fourth-order valence-corrected chi connectivity index (χ4v) is 6.59. The quantitative estimate of drug-likeness (QED) is 0.167. The van der Waals surface area contributed by atoms with E-state index < -0.39 is 5.97 Å². The Balaban J connectivity index is 0.000000415. The van der Waals surface area contributed by atoms with E-state index >= 15 is 0 Å². The van der Waals surface area contributed by atoms with Crippen molar-refractivity contribution in [1.29, 1.82) is 0 Å². The van der Waals surface area contributed by atoms with Gasteiger partial charge in [-0.25, -0.2) is 0 Å². The molecule has 0 aliphatic heterocycles. The van der Waals surface area contributed by atoms with Crippen LogP contribution >= 0.6 is 0 Å². The zero-order valence-corrected chi connectivity index (χ0v) is 26.5. The molecule has 41 heavy (non-hydrogen) atoms. The average Bonchev–Trinajstić information content (AvgIpc) is 3.53. The lowest BCUT2D eigenvalue weighted by atomic mass is 9.81. The summed E-state index contributed by atoms with van der Waals surface area (Å²) in [4.78, 5) is 10.1. The van der Waals surface area contributed by atoms with Gasteiger partial charge in [0.15, 0.2) is 0 Å². The Hall–Kier alpha value is -2.13. The van der Waals surface area contributed by atoms with Crippen molar-refractivity contribution in [3.05, 3.63) is 60.2 Å². The summed E-state index contributed by atoms with van der Waals surface area (Å²) in [5.41, 5.74) is 3.87. The lowest BCUT2D eigenvalue weighted by molar-refractivity contribution is -0.137. The molecular formula is C38H60O3. The number of aliphatic hydroxyl groups excluding tert-OH is 1. The van der Waals surface area contributed by atoms with Crippen LogP contribution in [-0.4, -0.2) is 22.3 Å². The molecule has 1 aliphatic rings. The second kappa shape index (κ2) is 21.6. The molecule has 1 aliphatic carbocycles. The molecule has 3 rings (SSSR count). The minimum absolute atomic E-state index is 0.172. The van der Waals surface area contributed by atoms with Crippen molar-refractivity contribution >= 4 is 5.97 Å². The van der Waals surface area contributed by atoms with E-state index in [0.717, 1.165) is 43.9 Å². The Bertz CT molecular complexity index is 901. The van der Waals surface area contributed by atoms with Gasteiger partial charge in [0.05, 0.1) is 6.10 Å². The van der Waals surface area contributed by atoms with Crippen LogP contribution in [0.25, 0.3) is 11.1 Å². The van der Waals surface area contributed by atoms with E-state index in [-0.39, 0.29) is 6.10 Å².